The monoisotopic (exact) mass is 381 g/mol. The normalized spacial score (nSPS) is 9.93. The molecule has 2 rings (SSSR count). The topological polar surface area (TPSA) is 91.7 Å². The molecule has 0 saturated carbocycles. The van der Waals surface area contributed by atoms with Crippen LogP contribution in [0.4, 0.5) is 5.69 Å². The van der Waals surface area contributed by atoms with Gasteiger partial charge in [-0.2, -0.15) is 5.26 Å². The average Bonchev–Trinajstić information content (AvgIpc) is 2.70. The summed E-state index contributed by atoms with van der Waals surface area (Å²) in [6, 6.07) is 14.2. The number of rotatable bonds is 8. The number of carbonyl (C=O) groups excluding carboxylic acids is 2. The molecule has 0 heterocycles. The first-order valence-electron chi connectivity index (χ1n) is 8.73. The Morgan fingerprint density at radius 1 is 1.11 bits per heavy atom. The first-order chi connectivity index (χ1) is 13.5. The summed E-state index contributed by atoms with van der Waals surface area (Å²) in [6.45, 7) is 1.74. The molecule has 0 fully saturated rings. The summed E-state index contributed by atoms with van der Waals surface area (Å²) >= 11 is 0. The highest BCUT2D eigenvalue weighted by Gasteiger charge is 2.15. The van der Waals surface area contributed by atoms with E-state index in [1.165, 1.54) is 11.8 Å². The molecule has 0 atom stereocenters. The number of benzene rings is 2. The summed E-state index contributed by atoms with van der Waals surface area (Å²) in [5, 5.41) is 11.6. The minimum absolute atomic E-state index is 0.0700. The van der Waals surface area contributed by atoms with Crippen LogP contribution in [0, 0.1) is 11.3 Å². The standard InChI is InChI=1S/C21H23N3O4/c1-15(25)24(10-9-16-7-8-19(27-2)20(12-16)28-3)14-21(26)23-18-6-4-5-17(11-18)13-22/h4-8,11-12H,9-10,14H2,1-3H3,(H,23,26). The number of amides is 2. The highest BCUT2D eigenvalue weighted by Crippen LogP contribution is 2.27. The lowest BCUT2D eigenvalue weighted by Gasteiger charge is -2.21. The van der Waals surface area contributed by atoms with Gasteiger partial charge < -0.3 is 19.7 Å². The molecule has 7 heteroatoms. The van der Waals surface area contributed by atoms with Crippen LogP contribution in [0.3, 0.4) is 0 Å². The predicted octanol–water partition coefficient (Wildman–Crippen LogP) is 2.61. The molecule has 0 aliphatic heterocycles. The Bertz CT molecular complexity index is 889. The molecule has 0 radical (unpaired) electrons. The summed E-state index contributed by atoms with van der Waals surface area (Å²) in [5.41, 5.74) is 1.94. The fraction of sp³-hybridized carbons (Fsp3) is 0.286. The molecule has 146 valence electrons. The summed E-state index contributed by atoms with van der Waals surface area (Å²) in [6.07, 6.45) is 0.567. The van der Waals surface area contributed by atoms with E-state index in [2.05, 4.69) is 5.32 Å². The van der Waals surface area contributed by atoms with Crippen LogP contribution in [0.1, 0.15) is 18.1 Å². The van der Waals surface area contributed by atoms with E-state index >= 15 is 0 Å². The van der Waals surface area contributed by atoms with Crippen molar-refractivity contribution >= 4 is 17.5 Å². The first kappa shape index (κ1) is 20.8. The van der Waals surface area contributed by atoms with Crippen molar-refractivity contribution in [1.29, 1.82) is 5.26 Å². The Labute approximate surface area is 164 Å². The van der Waals surface area contributed by atoms with Gasteiger partial charge in [-0.05, 0) is 42.3 Å². The molecular weight excluding hydrogens is 358 g/mol. The van der Waals surface area contributed by atoms with Crippen LogP contribution in [0.15, 0.2) is 42.5 Å². The van der Waals surface area contributed by atoms with Gasteiger partial charge in [0.15, 0.2) is 11.5 Å². The number of nitrogens with one attached hydrogen (secondary N) is 1. The summed E-state index contributed by atoms with van der Waals surface area (Å²) in [5.74, 6) is 0.733. The van der Waals surface area contributed by atoms with Gasteiger partial charge >= 0.3 is 0 Å². The lowest BCUT2D eigenvalue weighted by molar-refractivity contribution is -0.132. The Kier molecular flexibility index (Phi) is 7.40. The van der Waals surface area contributed by atoms with Gasteiger partial charge in [-0.15, -0.1) is 0 Å². The van der Waals surface area contributed by atoms with Crippen molar-refractivity contribution in [3.05, 3.63) is 53.6 Å². The molecule has 0 spiro atoms. The second-order valence-electron chi connectivity index (χ2n) is 6.12. The Morgan fingerprint density at radius 2 is 1.86 bits per heavy atom. The van der Waals surface area contributed by atoms with E-state index in [0.717, 1.165) is 5.56 Å². The fourth-order valence-electron chi connectivity index (χ4n) is 2.69. The number of methoxy groups -OCH3 is 2. The second-order valence-corrected chi connectivity index (χ2v) is 6.12. The lowest BCUT2D eigenvalue weighted by atomic mass is 10.1. The van der Waals surface area contributed by atoms with E-state index in [0.29, 0.717) is 35.7 Å². The smallest absolute Gasteiger partial charge is 0.243 e. The molecule has 0 unspecified atom stereocenters. The van der Waals surface area contributed by atoms with Gasteiger partial charge in [-0.25, -0.2) is 0 Å². The zero-order valence-electron chi connectivity index (χ0n) is 16.2. The number of ether oxygens (including phenoxy) is 2. The first-order valence-corrected chi connectivity index (χ1v) is 8.73. The number of nitrogens with zero attached hydrogens (tertiary/aromatic N) is 2. The third kappa shape index (κ3) is 5.74. The van der Waals surface area contributed by atoms with E-state index in [9.17, 15) is 9.59 Å². The molecule has 7 nitrogen and oxygen atoms in total. The SMILES string of the molecule is COc1ccc(CCN(CC(=O)Nc2cccc(C#N)c2)C(C)=O)cc1OC. The van der Waals surface area contributed by atoms with Gasteiger partial charge in [0.25, 0.3) is 0 Å². The van der Waals surface area contributed by atoms with Crippen molar-refractivity contribution in [2.75, 3.05) is 32.6 Å². The molecule has 1 N–H and O–H groups in total. The van der Waals surface area contributed by atoms with Gasteiger partial charge in [0.1, 0.15) is 0 Å². The molecule has 0 aromatic heterocycles. The van der Waals surface area contributed by atoms with E-state index < -0.39 is 0 Å². The third-order valence-electron chi connectivity index (χ3n) is 4.17. The summed E-state index contributed by atoms with van der Waals surface area (Å²) in [4.78, 5) is 25.7. The zero-order valence-corrected chi connectivity index (χ0v) is 16.2. The van der Waals surface area contributed by atoms with E-state index in [-0.39, 0.29) is 18.4 Å². The minimum atomic E-state index is -0.322. The van der Waals surface area contributed by atoms with Gasteiger partial charge in [0.2, 0.25) is 11.8 Å². The van der Waals surface area contributed by atoms with Crippen LogP contribution in [0.25, 0.3) is 0 Å². The lowest BCUT2D eigenvalue weighted by Crippen LogP contribution is -2.38. The molecule has 0 bridgehead atoms. The second kappa shape index (κ2) is 9.97. The van der Waals surface area contributed by atoms with E-state index in [1.807, 2.05) is 18.2 Å². The minimum Gasteiger partial charge on any atom is -0.493 e. The van der Waals surface area contributed by atoms with Crippen molar-refractivity contribution < 1.29 is 19.1 Å². The van der Waals surface area contributed by atoms with Crippen molar-refractivity contribution in [1.82, 2.24) is 4.90 Å². The molecular formula is C21H23N3O4. The predicted molar refractivity (Wildman–Crippen MR) is 105 cm³/mol. The molecule has 2 aromatic rings. The zero-order chi connectivity index (χ0) is 20.5. The van der Waals surface area contributed by atoms with Gasteiger partial charge in [0, 0.05) is 19.2 Å². The molecule has 28 heavy (non-hydrogen) atoms. The van der Waals surface area contributed by atoms with Gasteiger partial charge in [0.05, 0.1) is 32.4 Å². The van der Waals surface area contributed by atoms with Gasteiger partial charge in [-0.3, -0.25) is 9.59 Å². The molecule has 2 aromatic carbocycles. The van der Waals surface area contributed by atoms with E-state index in [4.69, 9.17) is 14.7 Å². The number of nitriles is 1. The van der Waals surface area contributed by atoms with E-state index in [1.54, 1.807) is 44.6 Å². The largest absolute Gasteiger partial charge is 0.493 e. The van der Waals surface area contributed by atoms with Gasteiger partial charge in [-0.1, -0.05) is 12.1 Å². The fourth-order valence-corrected chi connectivity index (χ4v) is 2.69. The highest BCUT2D eigenvalue weighted by atomic mass is 16.5. The summed E-state index contributed by atoms with van der Waals surface area (Å²) in [7, 11) is 3.13. The van der Waals surface area contributed by atoms with Crippen LogP contribution in [0.5, 0.6) is 11.5 Å². The summed E-state index contributed by atoms with van der Waals surface area (Å²) < 4.78 is 10.5. The van der Waals surface area contributed by atoms with Crippen LogP contribution in [0.2, 0.25) is 0 Å². The average molecular weight is 381 g/mol. The maximum absolute atomic E-state index is 12.3. The van der Waals surface area contributed by atoms with Crippen LogP contribution >= 0.6 is 0 Å². The number of anilines is 1. The van der Waals surface area contributed by atoms with Crippen molar-refractivity contribution in [3.63, 3.8) is 0 Å². The molecule has 0 saturated heterocycles. The van der Waals surface area contributed by atoms with Crippen molar-refractivity contribution in [2.45, 2.75) is 13.3 Å². The van der Waals surface area contributed by atoms with Crippen LogP contribution in [-0.2, 0) is 16.0 Å². The Hall–Kier alpha value is -3.53. The Balaban J connectivity index is 1.98. The Morgan fingerprint density at radius 3 is 2.50 bits per heavy atom. The number of hydrogen-bond donors (Lipinski definition) is 1. The van der Waals surface area contributed by atoms with Crippen molar-refractivity contribution in [2.24, 2.45) is 0 Å². The molecule has 2 amide bonds. The van der Waals surface area contributed by atoms with Crippen LogP contribution in [-0.4, -0.2) is 44.0 Å². The quantitative estimate of drug-likeness (QED) is 0.759. The number of hydrogen-bond acceptors (Lipinski definition) is 5. The molecule has 0 aliphatic carbocycles. The van der Waals surface area contributed by atoms with Crippen molar-refractivity contribution in [3.8, 4) is 17.6 Å². The molecule has 0 aliphatic rings. The third-order valence-corrected chi connectivity index (χ3v) is 4.17. The number of carbonyl (C=O) groups is 2. The van der Waals surface area contributed by atoms with Crippen LogP contribution < -0.4 is 14.8 Å². The highest BCUT2D eigenvalue weighted by molar-refractivity contribution is 5.94. The maximum atomic E-state index is 12.3. The maximum Gasteiger partial charge on any atom is 0.243 e.